The monoisotopic (exact) mass is 420 g/mol. The van der Waals surface area contributed by atoms with Crippen LogP contribution in [-0.2, 0) is 26.2 Å². The van der Waals surface area contributed by atoms with Crippen molar-refractivity contribution < 1.29 is 22.7 Å². The molecule has 1 saturated heterocycles. The molecule has 2 aromatic rings. The number of ether oxygens (including phenoxy) is 1. The third-order valence-electron chi connectivity index (χ3n) is 4.11. The molecule has 1 aliphatic rings. The fourth-order valence-electron chi connectivity index (χ4n) is 2.64. The van der Waals surface area contributed by atoms with Crippen molar-refractivity contribution in [1.29, 1.82) is 0 Å². The van der Waals surface area contributed by atoms with Crippen LogP contribution in [0.15, 0.2) is 29.2 Å². The number of carbonyl (C=O) groups excluding carboxylic acids is 2. The van der Waals surface area contributed by atoms with Crippen LogP contribution >= 0.6 is 0 Å². The lowest BCUT2D eigenvalue weighted by molar-refractivity contribution is -0.121. The van der Waals surface area contributed by atoms with E-state index in [9.17, 15) is 18.0 Å². The molecule has 1 N–H and O–H groups in total. The van der Waals surface area contributed by atoms with Gasteiger partial charge in [0.25, 0.3) is 0 Å². The molecule has 154 valence electrons. The van der Waals surface area contributed by atoms with Crippen LogP contribution in [0.3, 0.4) is 0 Å². The lowest BCUT2D eigenvalue weighted by Gasteiger charge is -2.14. The van der Waals surface area contributed by atoms with Crippen molar-refractivity contribution in [3.8, 4) is 6.01 Å². The predicted molar refractivity (Wildman–Crippen MR) is 103 cm³/mol. The minimum Gasteiger partial charge on any atom is -0.467 e. The SMILES string of the molecule is COc1nc(CNS(=O)(=O)c2ccc(N3C(=O)CCC3=O)cc2)nc(N(C)C)n1. The molecule has 1 fully saturated rings. The zero-order valence-corrected chi connectivity index (χ0v) is 16.9. The smallest absolute Gasteiger partial charge is 0.321 e. The molecular weight excluding hydrogens is 400 g/mol. The van der Waals surface area contributed by atoms with E-state index in [-0.39, 0.29) is 47.9 Å². The molecule has 0 atom stereocenters. The number of nitrogens with zero attached hydrogens (tertiary/aromatic N) is 5. The first-order chi connectivity index (χ1) is 13.7. The maximum Gasteiger partial charge on any atom is 0.321 e. The van der Waals surface area contributed by atoms with Gasteiger partial charge in [0.15, 0.2) is 5.82 Å². The lowest BCUT2D eigenvalue weighted by atomic mass is 10.3. The standard InChI is InChI=1S/C17H20N6O5S/c1-22(2)16-19-13(20-17(21-16)28-3)10-18-29(26,27)12-6-4-11(5-7-12)23-14(24)8-9-15(23)25/h4-7,18H,8-10H2,1-3H3. The lowest BCUT2D eigenvalue weighted by Crippen LogP contribution is -2.29. The Labute approximate surface area is 167 Å². The van der Waals surface area contributed by atoms with Gasteiger partial charge in [0, 0.05) is 26.9 Å². The fraction of sp³-hybridized carbons (Fsp3) is 0.353. The molecule has 29 heavy (non-hydrogen) atoms. The first-order valence-corrected chi connectivity index (χ1v) is 10.1. The second-order valence-corrected chi connectivity index (χ2v) is 8.14. The normalized spacial score (nSPS) is 14.4. The minimum atomic E-state index is -3.87. The maximum absolute atomic E-state index is 12.6. The highest BCUT2D eigenvalue weighted by Gasteiger charge is 2.30. The van der Waals surface area contributed by atoms with E-state index in [0.717, 1.165) is 4.90 Å². The summed E-state index contributed by atoms with van der Waals surface area (Å²) < 4.78 is 32.6. The quantitative estimate of drug-likeness (QED) is 0.618. The van der Waals surface area contributed by atoms with E-state index in [4.69, 9.17) is 4.74 Å². The van der Waals surface area contributed by atoms with Crippen LogP contribution < -0.4 is 19.3 Å². The predicted octanol–water partition coefficient (Wildman–Crippen LogP) is 0.0781. The Kier molecular flexibility index (Phi) is 5.75. The van der Waals surface area contributed by atoms with E-state index in [1.807, 2.05) is 0 Å². The van der Waals surface area contributed by atoms with Crippen molar-refractivity contribution in [2.24, 2.45) is 0 Å². The average molecular weight is 420 g/mol. The number of hydrogen-bond acceptors (Lipinski definition) is 9. The van der Waals surface area contributed by atoms with Gasteiger partial charge >= 0.3 is 6.01 Å². The number of rotatable bonds is 7. The van der Waals surface area contributed by atoms with Crippen LogP contribution in [0.5, 0.6) is 6.01 Å². The number of carbonyl (C=O) groups is 2. The van der Waals surface area contributed by atoms with E-state index < -0.39 is 10.0 Å². The van der Waals surface area contributed by atoms with Crippen molar-refractivity contribution in [2.45, 2.75) is 24.3 Å². The third kappa shape index (κ3) is 4.49. The van der Waals surface area contributed by atoms with Gasteiger partial charge in [-0.3, -0.25) is 14.5 Å². The Hall–Kier alpha value is -3.12. The Balaban J connectivity index is 1.76. The summed E-state index contributed by atoms with van der Waals surface area (Å²) in [5.74, 6) is -0.0854. The molecular formula is C17H20N6O5S. The van der Waals surface area contributed by atoms with Gasteiger partial charge in [0.05, 0.1) is 24.2 Å². The zero-order valence-electron chi connectivity index (χ0n) is 16.1. The van der Waals surface area contributed by atoms with Crippen molar-refractivity contribution in [1.82, 2.24) is 19.7 Å². The Morgan fingerprint density at radius 3 is 2.24 bits per heavy atom. The summed E-state index contributed by atoms with van der Waals surface area (Å²) in [6, 6.07) is 5.57. The molecule has 0 spiro atoms. The maximum atomic E-state index is 12.6. The summed E-state index contributed by atoms with van der Waals surface area (Å²) in [5, 5.41) is 0. The second kappa shape index (κ2) is 8.09. The van der Waals surface area contributed by atoms with E-state index in [0.29, 0.717) is 11.6 Å². The highest BCUT2D eigenvalue weighted by atomic mass is 32.2. The van der Waals surface area contributed by atoms with E-state index in [2.05, 4.69) is 19.7 Å². The molecule has 0 radical (unpaired) electrons. The van der Waals surface area contributed by atoms with Crippen molar-refractivity contribution in [3.05, 3.63) is 30.1 Å². The molecule has 0 saturated carbocycles. The molecule has 0 unspecified atom stereocenters. The summed E-state index contributed by atoms with van der Waals surface area (Å²) in [6.07, 6.45) is 0.315. The first-order valence-electron chi connectivity index (χ1n) is 8.63. The number of amides is 2. The Morgan fingerprint density at radius 2 is 1.69 bits per heavy atom. The van der Waals surface area contributed by atoms with E-state index >= 15 is 0 Å². The Bertz CT molecular complexity index is 1020. The van der Waals surface area contributed by atoms with Crippen molar-refractivity contribution >= 4 is 33.5 Å². The molecule has 3 rings (SSSR count). The minimum absolute atomic E-state index is 0.0193. The number of benzene rings is 1. The van der Waals surface area contributed by atoms with Crippen LogP contribution in [0.4, 0.5) is 11.6 Å². The number of aromatic nitrogens is 3. The van der Waals surface area contributed by atoms with Gasteiger partial charge in [-0.15, -0.1) is 0 Å². The summed E-state index contributed by atoms with van der Waals surface area (Å²) in [5.41, 5.74) is 0.342. The van der Waals surface area contributed by atoms with Gasteiger partial charge in [-0.05, 0) is 24.3 Å². The zero-order chi connectivity index (χ0) is 21.2. The molecule has 1 aliphatic heterocycles. The third-order valence-corrected chi connectivity index (χ3v) is 5.53. The number of sulfonamides is 1. The second-order valence-electron chi connectivity index (χ2n) is 6.37. The van der Waals surface area contributed by atoms with E-state index in [1.54, 1.807) is 19.0 Å². The van der Waals surface area contributed by atoms with Gasteiger partial charge in [-0.1, -0.05) is 0 Å². The van der Waals surface area contributed by atoms with Crippen molar-refractivity contribution in [3.63, 3.8) is 0 Å². The van der Waals surface area contributed by atoms with Gasteiger partial charge in [0.2, 0.25) is 27.8 Å². The highest BCUT2D eigenvalue weighted by molar-refractivity contribution is 7.89. The number of hydrogen-bond donors (Lipinski definition) is 1. The number of methoxy groups -OCH3 is 1. The van der Waals surface area contributed by atoms with Crippen LogP contribution in [-0.4, -0.2) is 56.4 Å². The van der Waals surface area contributed by atoms with E-state index in [1.165, 1.54) is 31.4 Å². The number of anilines is 2. The number of nitrogens with one attached hydrogen (secondary N) is 1. The first kappa shape index (κ1) is 20.6. The van der Waals surface area contributed by atoms with Gasteiger partial charge in [0.1, 0.15) is 0 Å². The molecule has 2 amide bonds. The molecule has 0 bridgehead atoms. The Morgan fingerprint density at radius 1 is 1.07 bits per heavy atom. The van der Waals surface area contributed by atoms with Crippen LogP contribution in [0.1, 0.15) is 18.7 Å². The average Bonchev–Trinajstić information content (AvgIpc) is 3.04. The highest BCUT2D eigenvalue weighted by Crippen LogP contribution is 2.24. The largest absolute Gasteiger partial charge is 0.467 e. The topological polar surface area (TPSA) is 135 Å². The van der Waals surface area contributed by atoms with Gasteiger partial charge in [-0.2, -0.15) is 15.0 Å². The molecule has 1 aromatic carbocycles. The molecule has 0 aliphatic carbocycles. The summed E-state index contributed by atoms with van der Waals surface area (Å²) in [4.78, 5) is 38.5. The molecule has 2 heterocycles. The molecule has 12 heteroatoms. The summed E-state index contributed by atoms with van der Waals surface area (Å²) >= 11 is 0. The molecule has 1 aromatic heterocycles. The van der Waals surface area contributed by atoms with Crippen LogP contribution in [0.25, 0.3) is 0 Å². The number of imide groups is 1. The molecule has 11 nitrogen and oxygen atoms in total. The summed E-state index contributed by atoms with van der Waals surface area (Å²) in [6.45, 7) is -0.174. The summed E-state index contributed by atoms with van der Waals surface area (Å²) in [7, 11) is 1.00. The fourth-order valence-corrected chi connectivity index (χ4v) is 3.62. The van der Waals surface area contributed by atoms with Crippen molar-refractivity contribution in [2.75, 3.05) is 31.0 Å². The van der Waals surface area contributed by atoms with Crippen LogP contribution in [0.2, 0.25) is 0 Å². The van der Waals surface area contributed by atoms with Gasteiger partial charge in [-0.25, -0.2) is 13.1 Å². The van der Waals surface area contributed by atoms with Crippen LogP contribution in [0, 0.1) is 0 Å². The van der Waals surface area contributed by atoms with Gasteiger partial charge < -0.3 is 9.64 Å².